The van der Waals surface area contributed by atoms with E-state index in [1.54, 1.807) is 48.5 Å². The number of likely N-dealkylation sites (N-methyl/N-ethyl adjacent to an activating group) is 1. The lowest BCUT2D eigenvalue weighted by Crippen LogP contribution is -2.61. The third kappa shape index (κ3) is 4.38. The molecule has 2 heterocycles. The van der Waals surface area contributed by atoms with Gasteiger partial charge >= 0.3 is 0 Å². The molecule has 0 aliphatic carbocycles. The zero-order chi connectivity index (χ0) is 22.6. The predicted molar refractivity (Wildman–Crippen MR) is 118 cm³/mol. The molecule has 4 rings (SSSR count). The van der Waals surface area contributed by atoms with Crippen molar-refractivity contribution in [2.45, 2.75) is 12.0 Å². The average Bonchev–Trinajstić information content (AvgIpc) is 2.84. The molecule has 1 aliphatic heterocycles. The molecule has 164 valence electrons. The molecule has 2 aromatic carbocycles. The highest BCUT2D eigenvalue weighted by Gasteiger charge is 2.45. The van der Waals surface area contributed by atoms with Crippen molar-refractivity contribution >= 4 is 11.8 Å². The lowest BCUT2D eigenvalue weighted by molar-refractivity contribution is -0.156. The number of pyridine rings is 1. The second-order valence-corrected chi connectivity index (χ2v) is 7.70. The highest BCUT2D eigenvalue weighted by atomic mass is 19.1. The highest BCUT2D eigenvalue weighted by molar-refractivity contribution is 5.94. The summed E-state index contributed by atoms with van der Waals surface area (Å²) in [6.07, 6.45) is 1.82. The van der Waals surface area contributed by atoms with Crippen LogP contribution in [0.1, 0.15) is 16.1 Å². The Bertz CT molecular complexity index is 1100. The molecule has 0 saturated carbocycles. The van der Waals surface area contributed by atoms with Gasteiger partial charge in [-0.2, -0.15) is 0 Å². The van der Waals surface area contributed by atoms with E-state index in [0.29, 0.717) is 12.2 Å². The summed E-state index contributed by atoms with van der Waals surface area (Å²) in [7, 11) is 1.55. The first-order valence-electron chi connectivity index (χ1n) is 10.4. The molecule has 1 fully saturated rings. The van der Waals surface area contributed by atoms with E-state index in [2.05, 4.69) is 10.3 Å². The summed E-state index contributed by atoms with van der Waals surface area (Å²) in [4.78, 5) is 31.8. The number of aromatic nitrogens is 1. The van der Waals surface area contributed by atoms with Crippen LogP contribution in [0.15, 0.2) is 72.9 Å². The van der Waals surface area contributed by atoms with Crippen molar-refractivity contribution in [3.8, 4) is 11.1 Å². The molecular formula is C25H24FN3O3. The topological polar surface area (TPSA) is 71.5 Å². The average molecular weight is 433 g/mol. The Morgan fingerprint density at radius 1 is 1.09 bits per heavy atom. The van der Waals surface area contributed by atoms with Crippen LogP contribution in [0.4, 0.5) is 4.39 Å². The number of nitrogens with zero attached hydrogens (tertiary/aromatic N) is 2. The number of benzene rings is 2. The maximum absolute atomic E-state index is 13.4. The highest BCUT2D eigenvalue weighted by Crippen LogP contribution is 2.31. The number of carbonyl (C=O) groups is 2. The van der Waals surface area contributed by atoms with Gasteiger partial charge in [-0.1, -0.05) is 42.5 Å². The molecule has 1 aromatic heterocycles. The van der Waals surface area contributed by atoms with Crippen molar-refractivity contribution in [1.29, 1.82) is 0 Å². The number of morpholine rings is 1. The molecule has 1 atom stereocenters. The first-order chi connectivity index (χ1) is 15.5. The van der Waals surface area contributed by atoms with Crippen LogP contribution in [-0.2, 0) is 16.0 Å². The first kappa shape index (κ1) is 21.6. The van der Waals surface area contributed by atoms with E-state index in [0.717, 1.165) is 16.7 Å². The lowest BCUT2D eigenvalue weighted by Gasteiger charge is -2.41. The number of nitrogens with one attached hydrogen (secondary N) is 1. The SMILES string of the molecule is CNC(=O)C1(Cc2ccccc2-c2ccc(F)cc2)CN(C(=O)c2ccccn2)CCO1. The van der Waals surface area contributed by atoms with E-state index in [-0.39, 0.29) is 37.2 Å². The fourth-order valence-corrected chi connectivity index (χ4v) is 4.05. The standard InChI is InChI=1S/C25H24FN3O3/c1-27-24(31)25(17-29(14-15-32-25)23(30)22-8-4-5-13-28-22)16-19-6-2-3-7-21(19)18-9-11-20(26)12-10-18/h2-13H,14-17H2,1H3,(H,27,31). The smallest absolute Gasteiger partial charge is 0.272 e. The summed E-state index contributed by atoms with van der Waals surface area (Å²) < 4.78 is 19.5. The van der Waals surface area contributed by atoms with Gasteiger partial charge in [-0.15, -0.1) is 0 Å². The minimum Gasteiger partial charge on any atom is -0.361 e. The van der Waals surface area contributed by atoms with E-state index < -0.39 is 5.60 Å². The van der Waals surface area contributed by atoms with Gasteiger partial charge in [-0.3, -0.25) is 14.6 Å². The van der Waals surface area contributed by atoms with Crippen LogP contribution in [0.3, 0.4) is 0 Å². The molecule has 2 amide bonds. The molecule has 1 unspecified atom stereocenters. The minimum absolute atomic E-state index is 0.0971. The van der Waals surface area contributed by atoms with E-state index >= 15 is 0 Å². The number of halogens is 1. The lowest BCUT2D eigenvalue weighted by atomic mass is 9.87. The van der Waals surface area contributed by atoms with Crippen molar-refractivity contribution in [2.75, 3.05) is 26.7 Å². The molecule has 1 saturated heterocycles. The maximum atomic E-state index is 13.4. The van der Waals surface area contributed by atoms with Gasteiger partial charge in [0, 0.05) is 26.2 Å². The van der Waals surface area contributed by atoms with Crippen LogP contribution in [0, 0.1) is 5.82 Å². The molecule has 0 radical (unpaired) electrons. The van der Waals surface area contributed by atoms with E-state index in [1.165, 1.54) is 12.1 Å². The zero-order valence-electron chi connectivity index (χ0n) is 17.8. The van der Waals surface area contributed by atoms with Crippen LogP contribution in [0.25, 0.3) is 11.1 Å². The molecule has 1 aliphatic rings. The van der Waals surface area contributed by atoms with Gasteiger partial charge in [0.05, 0.1) is 13.2 Å². The third-order valence-corrected chi connectivity index (χ3v) is 5.65. The van der Waals surface area contributed by atoms with Gasteiger partial charge in [0.1, 0.15) is 11.5 Å². The third-order valence-electron chi connectivity index (χ3n) is 5.65. The monoisotopic (exact) mass is 433 g/mol. The first-order valence-corrected chi connectivity index (χ1v) is 10.4. The Kier molecular flexibility index (Phi) is 6.28. The Hall–Kier alpha value is -3.58. The number of hydrogen-bond acceptors (Lipinski definition) is 4. The normalized spacial score (nSPS) is 18.2. The van der Waals surface area contributed by atoms with Gasteiger partial charge in [0.15, 0.2) is 5.60 Å². The van der Waals surface area contributed by atoms with E-state index in [9.17, 15) is 14.0 Å². The fraction of sp³-hybridized carbons (Fsp3) is 0.240. The number of carbonyl (C=O) groups excluding carboxylic acids is 2. The molecule has 3 aromatic rings. The summed E-state index contributed by atoms with van der Waals surface area (Å²) in [5.41, 5.74) is 1.66. The molecule has 7 heteroatoms. The summed E-state index contributed by atoms with van der Waals surface area (Å²) in [5.74, 6) is -0.855. The van der Waals surface area contributed by atoms with Gasteiger partial charge in [0.25, 0.3) is 11.8 Å². The second kappa shape index (κ2) is 9.28. The van der Waals surface area contributed by atoms with Crippen molar-refractivity contribution in [1.82, 2.24) is 15.2 Å². The van der Waals surface area contributed by atoms with Gasteiger partial charge in [-0.25, -0.2) is 4.39 Å². The molecule has 1 N–H and O–H groups in total. The van der Waals surface area contributed by atoms with Gasteiger partial charge in [-0.05, 0) is 41.0 Å². The Morgan fingerprint density at radius 3 is 2.56 bits per heavy atom. The Labute approximate surface area is 186 Å². The van der Waals surface area contributed by atoms with E-state index in [1.807, 2.05) is 24.3 Å². The molecule has 6 nitrogen and oxygen atoms in total. The van der Waals surface area contributed by atoms with Gasteiger partial charge in [0.2, 0.25) is 0 Å². The largest absolute Gasteiger partial charge is 0.361 e. The number of ether oxygens (including phenoxy) is 1. The van der Waals surface area contributed by atoms with Crippen LogP contribution < -0.4 is 5.32 Å². The minimum atomic E-state index is -1.26. The van der Waals surface area contributed by atoms with Crippen LogP contribution >= 0.6 is 0 Å². The summed E-state index contributed by atoms with van der Waals surface area (Å²) in [5, 5.41) is 2.69. The molecule has 0 spiro atoms. The quantitative estimate of drug-likeness (QED) is 0.671. The van der Waals surface area contributed by atoms with Crippen LogP contribution in [0.5, 0.6) is 0 Å². The zero-order valence-corrected chi connectivity index (χ0v) is 17.8. The van der Waals surface area contributed by atoms with Crippen LogP contribution in [-0.4, -0.2) is 54.0 Å². The molecule has 32 heavy (non-hydrogen) atoms. The Balaban J connectivity index is 1.67. The summed E-state index contributed by atoms with van der Waals surface area (Å²) in [6, 6.07) is 19.0. The number of hydrogen-bond donors (Lipinski definition) is 1. The van der Waals surface area contributed by atoms with Crippen LogP contribution in [0.2, 0.25) is 0 Å². The van der Waals surface area contributed by atoms with Crippen molar-refractivity contribution in [3.05, 3.63) is 90.0 Å². The molecule has 0 bridgehead atoms. The number of rotatable bonds is 5. The van der Waals surface area contributed by atoms with Crippen molar-refractivity contribution < 1.29 is 18.7 Å². The van der Waals surface area contributed by atoms with E-state index in [4.69, 9.17) is 4.74 Å². The Morgan fingerprint density at radius 2 is 1.84 bits per heavy atom. The van der Waals surface area contributed by atoms with Gasteiger partial charge < -0.3 is 15.0 Å². The molecular weight excluding hydrogens is 409 g/mol. The van der Waals surface area contributed by atoms with Crippen molar-refractivity contribution in [2.24, 2.45) is 0 Å². The number of amides is 2. The fourth-order valence-electron chi connectivity index (χ4n) is 4.05. The summed E-state index contributed by atoms with van der Waals surface area (Å²) in [6.45, 7) is 0.693. The second-order valence-electron chi connectivity index (χ2n) is 7.70. The van der Waals surface area contributed by atoms with Crippen molar-refractivity contribution in [3.63, 3.8) is 0 Å². The maximum Gasteiger partial charge on any atom is 0.272 e. The predicted octanol–water partition coefficient (Wildman–Crippen LogP) is 3.09. The summed E-state index contributed by atoms with van der Waals surface area (Å²) >= 11 is 0.